The quantitative estimate of drug-likeness (QED) is 0.739. The van der Waals surface area contributed by atoms with Crippen LogP contribution < -0.4 is 4.90 Å². The first-order valence-corrected chi connectivity index (χ1v) is 6.82. The van der Waals surface area contributed by atoms with E-state index in [9.17, 15) is 0 Å². The van der Waals surface area contributed by atoms with Crippen LogP contribution >= 0.6 is 34.8 Å². The fourth-order valence-corrected chi connectivity index (χ4v) is 2.85. The fraction of sp³-hybridized carbons (Fsp3) is 0.286. The van der Waals surface area contributed by atoms with E-state index in [0.29, 0.717) is 21.5 Å². The van der Waals surface area contributed by atoms with E-state index >= 15 is 0 Å². The van der Waals surface area contributed by atoms with Gasteiger partial charge in [0.25, 0.3) is 0 Å². The molecule has 1 unspecified atom stereocenters. The summed E-state index contributed by atoms with van der Waals surface area (Å²) in [4.78, 5) is 2.09. The van der Waals surface area contributed by atoms with E-state index in [1.807, 2.05) is 32.3 Å². The first kappa shape index (κ1) is 13.8. The monoisotopic (exact) mass is 301 g/mol. The molecule has 0 saturated heterocycles. The molecule has 0 amide bonds. The highest BCUT2D eigenvalue weighted by Gasteiger charge is 2.22. The zero-order chi connectivity index (χ0) is 13.3. The van der Waals surface area contributed by atoms with Crippen LogP contribution in [0.2, 0.25) is 0 Å². The van der Waals surface area contributed by atoms with Crippen LogP contribution in [0, 0.1) is 0 Å². The topological polar surface area (TPSA) is 3.24 Å². The van der Waals surface area contributed by atoms with Gasteiger partial charge in [0.05, 0.1) is 10.1 Å². The van der Waals surface area contributed by atoms with Crippen molar-refractivity contribution in [3.8, 4) is 0 Å². The number of hydrogen-bond acceptors (Lipinski definition) is 1. The highest BCUT2D eigenvalue weighted by Crippen LogP contribution is 2.42. The molecule has 0 aromatic heterocycles. The van der Waals surface area contributed by atoms with Crippen LogP contribution in [0.25, 0.3) is 0 Å². The molecule has 1 aliphatic rings. The van der Waals surface area contributed by atoms with Crippen molar-refractivity contribution in [2.75, 3.05) is 19.0 Å². The first-order valence-electron chi connectivity index (χ1n) is 5.68. The molecule has 1 aromatic rings. The molecule has 18 heavy (non-hydrogen) atoms. The van der Waals surface area contributed by atoms with Gasteiger partial charge in [0.2, 0.25) is 0 Å². The number of benzene rings is 1. The Hall–Kier alpha value is -0.630. The van der Waals surface area contributed by atoms with Crippen molar-refractivity contribution in [3.63, 3.8) is 0 Å². The van der Waals surface area contributed by atoms with E-state index < -0.39 is 0 Å². The van der Waals surface area contributed by atoms with Crippen LogP contribution in [0.3, 0.4) is 0 Å². The molecule has 0 aliphatic heterocycles. The summed E-state index contributed by atoms with van der Waals surface area (Å²) >= 11 is 18.3. The molecule has 1 aromatic carbocycles. The Balaban J connectivity index is 2.41. The molecule has 1 nitrogen and oxygen atoms in total. The van der Waals surface area contributed by atoms with E-state index in [0.717, 1.165) is 0 Å². The second-order valence-electron chi connectivity index (χ2n) is 4.50. The average Bonchev–Trinajstić information content (AvgIpc) is 2.35. The van der Waals surface area contributed by atoms with Gasteiger partial charge in [-0.3, -0.25) is 0 Å². The first-order chi connectivity index (χ1) is 8.50. The van der Waals surface area contributed by atoms with Crippen molar-refractivity contribution in [1.29, 1.82) is 0 Å². The van der Waals surface area contributed by atoms with Crippen LogP contribution in [-0.4, -0.2) is 14.1 Å². The summed E-state index contributed by atoms with van der Waals surface area (Å²) in [5.74, 6) is 0.172. The largest absolute Gasteiger partial charge is 0.377 e. The summed E-state index contributed by atoms with van der Waals surface area (Å²) in [6.45, 7) is 0. The van der Waals surface area contributed by atoms with Gasteiger partial charge in [-0.2, -0.15) is 0 Å². The van der Waals surface area contributed by atoms with Crippen LogP contribution in [0.1, 0.15) is 17.9 Å². The molecule has 0 heterocycles. The van der Waals surface area contributed by atoms with Crippen molar-refractivity contribution >= 4 is 40.5 Å². The van der Waals surface area contributed by atoms with E-state index in [1.165, 1.54) is 11.3 Å². The molecular weight excluding hydrogens is 289 g/mol. The molecular formula is C14H14Cl3N. The lowest BCUT2D eigenvalue weighted by Crippen LogP contribution is -2.13. The lowest BCUT2D eigenvalue weighted by Gasteiger charge is -2.24. The van der Waals surface area contributed by atoms with Crippen molar-refractivity contribution < 1.29 is 0 Å². The van der Waals surface area contributed by atoms with Crippen LogP contribution in [0.4, 0.5) is 5.69 Å². The molecule has 96 valence electrons. The van der Waals surface area contributed by atoms with E-state index in [-0.39, 0.29) is 5.92 Å². The van der Waals surface area contributed by atoms with Crippen LogP contribution in [-0.2, 0) is 0 Å². The van der Waals surface area contributed by atoms with Gasteiger partial charge in [-0.15, -0.1) is 0 Å². The molecule has 2 rings (SSSR count). The van der Waals surface area contributed by atoms with Crippen molar-refractivity contribution in [1.82, 2.24) is 0 Å². The molecule has 0 bridgehead atoms. The second kappa shape index (κ2) is 5.56. The summed E-state index contributed by atoms with van der Waals surface area (Å²) in [7, 11) is 4.05. The highest BCUT2D eigenvalue weighted by atomic mass is 35.5. The lowest BCUT2D eigenvalue weighted by atomic mass is 9.90. The molecule has 0 saturated carbocycles. The maximum absolute atomic E-state index is 6.15. The fourth-order valence-electron chi connectivity index (χ4n) is 2.13. The van der Waals surface area contributed by atoms with Crippen LogP contribution in [0.15, 0.2) is 45.4 Å². The summed E-state index contributed by atoms with van der Waals surface area (Å²) in [6.07, 6.45) is 2.67. The van der Waals surface area contributed by atoms with E-state index in [4.69, 9.17) is 34.8 Å². The minimum absolute atomic E-state index is 0.172. The third-order valence-electron chi connectivity index (χ3n) is 3.01. The Morgan fingerprint density at radius 1 is 1.11 bits per heavy atom. The molecule has 4 heteroatoms. The normalized spacial score (nSPS) is 19.8. The minimum Gasteiger partial charge on any atom is -0.377 e. The summed E-state index contributed by atoms with van der Waals surface area (Å²) in [5.41, 5.74) is 2.38. The maximum Gasteiger partial charge on any atom is 0.0734 e. The van der Waals surface area contributed by atoms with Crippen LogP contribution in [0.5, 0.6) is 0 Å². The SMILES string of the molecule is CN(C)c1ccccc1C1C=C(Cl)C(Cl)=C(Cl)C1. The predicted molar refractivity (Wildman–Crippen MR) is 80.8 cm³/mol. The molecule has 1 aliphatic carbocycles. The van der Waals surface area contributed by atoms with Crippen molar-refractivity contribution in [3.05, 3.63) is 51.0 Å². The number of para-hydroxylation sites is 1. The van der Waals surface area contributed by atoms with Gasteiger partial charge < -0.3 is 4.90 Å². The van der Waals surface area contributed by atoms with E-state index in [1.54, 1.807) is 0 Å². The zero-order valence-corrected chi connectivity index (χ0v) is 12.5. The average molecular weight is 303 g/mol. The number of anilines is 1. The summed E-state index contributed by atoms with van der Waals surface area (Å²) in [6, 6.07) is 8.24. The number of hydrogen-bond donors (Lipinski definition) is 0. The maximum atomic E-state index is 6.15. The highest BCUT2D eigenvalue weighted by molar-refractivity contribution is 6.48. The van der Waals surface area contributed by atoms with Gasteiger partial charge in [-0.1, -0.05) is 59.1 Å². The minimum atomic E-state index is 0.172. The second-order valence-corrected chi connectivity index (χ2v) is 5.74. The Labute approximate surface area is 123 Å². The summed E-state index contributed by atoms with van der Waals surface area (Å²) in [5, 5.41) is 1.63. The molecule has 0 N–H and O–H groups in total. The Kier molecular flexibility index (Phi) is 4.26. The van der Waals surface area contributed by atoms with Gasteiger partial charge in [-0.25, -0.2) is 0 Å². The molecule has 0 spiro atoms. The molecule has 0 radical (unpaired) electrons. The Bertz CT molecular complexity index is 518. The van der Waals surface area contributed by atoms with Gasteiger partial charge in [0.1, 0.15) is 0 Å². The third-order valence-corrected chi connectivity index (χ3v) is 4.30. The number of rotatable bonds is 2. The lowest BCUT2D eigenvalue weighted by molar-refractivity contribution is 0.831. The standard InChI is InChI=1S/C14H14Cl3N/c1-18(2)13-6-4-3-5-10(13)9-7-11(15)14(17)12(16)8-9/h3-7,9H,8H2,1-2H3. The molecule has 0 fully saturated rings. The third kappa shape index (κ3) is 2.69. The van der Waals surface area contributed by atoms with E-state index in [2.05, 4.69) is 17.0 Å². The van der Waals surface area contributed by atoms with Gasteiger partial charge in [-0.05, 0) is 18.1 Å². The Morgan fingerprint density at radius 2 is 1.78 bits per heavy atom. The van der Waals surface area contributed by atoms with Gasteiger partial charge in [0.15, 0.2) is 0 Å². The van der Waals surface area contributed by atoms with Crippen molar-refractivity contribution in [2.45, 2.75) is 12.3 Å². The number of halogens is 3. The van der Waals surface area contributed by atoms with Gasteiger partial charge >= 0.3 is 0 Å². The number of allylic oxidation sites excluding steroid dienone is 4. The van der Waals surface area contributed by atoms with Gasteiger partial charge in [0, 0.05) is 30.7 Å². The smallest absolute Gasteiger partial charge is 0.0734 e. The molecule has 1 atom stereocenters. The Morgan fingerprint density at radius 3 is 2.39 bits per heavy atom. The zero-order valence-electron chi connectivity index (χ0n) is 10.3. The predicted octanol–water partition coefficient (Wildman–Crippen LogP) is 5.05. The van der Waals surface area contributed by atoms with Crippen molar-refractivity contribution in [2.24, 2.45) is 0 Å². The summed E-state index contributed by atoms with van der Waals surface area (Å²) < 4.78 is 0. The number of nitrogens with zero attached hydrogens (tertiary/aromatic N) is 1.